The fourth-order valence-corrected chi connectivity index (χ4v) is 1.72. The highest BCUT2D eigenvalue weighted by Gasteiger charge is 2.07. The highest BCUT2D eigenvalue weighted by Crippen LogP contribution is 2.32. The first-order valence-electron chi connectivity index (χ1n) is 4.07. The molecule has 2 aromatic rings. The van der Waals surface area contributed by atoms with Crippen molar-refractivity contribution < 1.29 is 4.74 Å². The van der Waals surface area contributed by atoms with Gasteiger partial charge >= 0.3 is 0 Å². The minimum Gasteiger partial charge on any atom is -0.492 e. The number of halogens is 1. The minimum atomic E-state index is 0.656. The van der Waals surface area contributed by atoms with E-state index in [1.54, 1.807) is 6.20 Å². The molecule has 1 heterocycles. The monoisotopic (exact) mass is 240 g/mol. The fourth-order valence-electron chi connectivity index (χ4n) is 1.26. The van der Waals surface area contributed by atoms with E-state index in [9.17, 15) is 0 Å². The first-order valence-corrected chi connectivity index (χ1v) is 4.86. The van der Waals surface area contributed by atoms with Gasteiger partial charge in [0.25, 0.3) is 0 Å². The highest BCUT2D eigenvalue weighted by atomic mass is 79.9. The van der Waals surface area contributed by atoms with Gasteiger partial charge in [-0.1, -0.05) is 0 Å². The van der Waals surface area contributed by atoms with Crippen LogP contribution >= 0.6 is 15.9 Å². The molecule has 2 rings (SSSR count). The molecule has 1 aromatic heterocycles. The number of H-pyrrole nitrogens is 1. The summed E-state index contributed by atoms with van der Waals surface area (Å²) in [5, 5.41) is 7.86. The van der Waals surface area contributed by atoms with Crippen LogP contribution in [0.5, 0.6) is 5.75 Å². The normalized spacial score (nSPS) is 10.6. The van der Waals surface area contributed by atoms with Crippen molar-refractivity contribution in [1.29, 1.82) is 0 Å². The van der Waals surface area contributed by atoms with Gasteiger partial charge in [0.1, 0.15) is 5.75 Å². The van der Waals surface area contributed by atoms with E-state index in [-0.39, 0.29) is 0 Å². The Bertz CT molecular complexity index is 424. The molecule has 0 aliphatic rings. The average molecular weight is 241 g/mol. The van der Waals surface area contributed by atoms with Gasteiger partial charge in [0, 0.05) is 0 Å². The number of nitrogens with one attached hydrogen (secondary N) is 1. The third kappa shape index (κ3) is 1.42. The molecule has 0 atom stereocenters. The average Bonchev–Trinajstić information content (AvgIpc) is 2.58. The molecule has 0 bridgehead atoms. The van der Waals surface area contributed by atoms with E-state index in [2.05, 4.69) is 26.1 Å². The van der Waals surface area contributed by atoms with E-state index in [1.807, 2.05) is 19.1 Å². The standard InChI is InChI=1S/C9H9BrN2O/c1-2-13-9-6-5-11-12-8(6)4-3-7(9)10/h3-5H,2H2,1H3,(H,11,12). The number of aromatic amines is 1. The molecule has 0 saturated carbocycles. The van der Waals surface area contributed by atoms with Crippen LogP contribution in [0.2, 0.25) is 0 Å². The van der Waals surface area contributed by atoms with Gasteiger partial charge in [-0.25, -0.2) is 0 Å². The Labute approximate surface area is 84.2 Å². The third-order valence-corrected chi connectivity index (χ3v) is 2.44. The summed E-state index contributed by atoms with van der Waals surface area (Å²) in [5.41, 5.74) is 0.992. The number of hydrogen-bond acceptors (Lipinski definition) is 2. The molecule has 0 aliphatic heterocycles. The van der Waals surface area contributed by atoms with Crippen molar-refractivity contribution in [2.45, 2.75) is 6.92 Å². The van der Waals surface area contributed by atoms with Gasteiger partial charge < -0.3 is 4.74 Å². The van der Waals surface area contributed by atoms with Crippen LogP contribution in [-0.2, 0) is 0 Å². The van der Waals surface area contributed by atoms with Crippen LogP contribution in [0.4, 0.5) is 0 Å². The lowest BCUT2D eigenvalue weighted by molar-refractivity contribution is 0.342. The lowest BCUT2D eigenvalue weighted by Gasteiger charge is -2.05. The van der Waals surface area contributed by atoms with Crippen molar-refractivity contribution in [3.05, 3.63) is 22.8 Å². The predicted octanol–water partition coefficient (Wildman–Crippen LogP) is 2.72. The van der Waals surface area contributed by atoms with Gasteiger partial charge in [-0.15, -0.1) is 0 Å². The minimum absolute atomic E-state index is 0.656. The predicted molar refractivity (Wildman–Crippen MR) is 55.0 cm³/mol. The second kappa shape index (κ2) is 3.38. The van der Waals surface area contributed by atoms with Crippen LogP contribution in [0.15, 0.2) is 22.8 Å². The summed E-state index contributed by atoms with van der Waals surface area (Å²) in [4.78, 5) is 0. The Morgan fingerprint density at radius 2 is 2.38 bits per heavy atom. The Balaban J connectivity index is 2.66. The molecule has 4 heteroatoms. The van der Waals surface area contributed by atoms with Gasteiger partial charge in [0.15, 0.2) is 0 Å². The summed E-state index contributed by atoms with van der Waals surface area (Å²) < 4.78 is 6.46. The van der Waals surface area contributed by atoms with Gasteiger partial charge in [-0.2, -0.15) is 5.10 Å². The van der Waals surface area contributed by atoms with Gasteiger partial charge in [-0.3, -0.25) is 5.10 Å². The number of ether oxygens (including phenoxy) is 1. The second-order valence-corrected chi connectivity index (χ2v) is 3.50. The first-order chi connectivity index (χ1) is 6.33. The van der Waals surface area contributed by atoms with Gasteiger partial charge in [0.05, 0.1) is 28.2 Å². The largest absolute Gasteiger partial charge is 0.492 e. The second-order valence-electron chi connectivity index (χ2n) is 2.64. The topological polar surface area (TPSA) is 37.9 Å². The Hall–Kier alpha value is -1.03. The molecule has 0 amide bonds. The fraction of sp³-hybridized carbons (Fsp3) is 0.222. The van der Waals surface area contributed by atoms with Crippen LogP contribution in [-0.4, -0.2) is 16.8 Å². The van der Waals surface area contributed by atoms with Crippen molar-refractivity contribution in [3.8, 4) is 5.75 Å². The van der Waals surface area contributed by atoms with Crippen molar-refractivity contribution >= 4 is 26.8 Å². The van der Waals surface area contributed by atoms with E-state index in [1.165, 1.54) is 0 Å². The van der Waals surface area contributed by atoms with Crippen LogP contribution < -0.4 is 4.74 Å². The van der Waals surface area contributed by atoms with Crippen molar-refractivity contribution in [2.75, 3.05) is 6.61 Å². The van der Waals surface area contributed by atoms with E-state index < -0.39 is 0 Å². The lowest BCUT2D eigenvalue weighted by atomic mass is 10.2. The summed E-state index contributed by atoms with van der Waals surface area (Å²) in [6.07, 6.45) is 1.77. The van der Waals surface area contributed by atoms with Crippen LogP contribution in [0.25, 0.3) is 10.9 Å². The summed E-state index contributed by atoms with van der Waals surface area (Å²) in [7, 11) is 0. The molecule has 0 unspecified atom stereocenters. The molecule has 0 fully saturated rings. The summed E-state index contributed by atoms with van der Waals surface area (Å²) >= 11 is 3.44. The summed E-state index contributed by atoms with van der Waals surface area (Å²) in [6.45, 7) is 2.62. The molecule has 0 radical (unpaired) electrons. The molecular weight excluding hydrogens is 232 g/mol. The maximum absolute atomic E-state index is 5.50. The van der Waals surface area contributed by atoms with E-state index >= 15 is 0 Å². The van der Waals surface area contributed by atoms with Gasteiger partial charge in [-0.05, 0) is 35.0 Å². The molecule has 0 spiro atoms. The van der Waals surface area contributed by atoms with E-state index in [0.29, 0.717) is 6.61 Å². The number of fused-ring (bicyclic) bond motifs is 1. The molecule has 68 valence electrons. The zero-order valence-electron chi connectivity index (χ0n) is 7.17. The molecule has 1 aromatic carbocycles. The molecule has 1 N–H and O–H groups in total. The Morgan fingerprint density at radius 3 is 3.15 bits per heavy atom. The maximum Gasteiger partial charge on any atom is 0.144 e. The number of hydrogen-bond donors (Lipinski definition) is 1. The number of rotatable bonds is 2. The SMILES string of the molecule is CCOc1c(Br)ccc2[nH]ncc12. The molecular formula is C9H9BrN2O. The molecule has 13 heavy (non-hydrogen) atoms. The Morgan fingerprint density at radius 1 is 1.54 bits per heavy atom. The van der Waals surface area contributed by atoms with Crippen LogP contribution in [0.1, 0.15) is 6.92 Å². The third-order valence-electron chi connectivity index (χ3n) is 1.82. The summed E-state index contributed by atoms with van der Waals surface area (Å²) in [5.74, 6) is 0.855. The zero-order chi connectivity index (χ0) is 9.26. The number of nitrogens with zero attached hydrogens (tertiary/aromatic N) is 1. The maximum atomic E-state index is 5.50. The van der Waals surface area contributed by atoms with Crippen LogP contribution in [0.3, 0.4) is 0 Å². The lowest BCUT2D eigenvalue weighted by Crippen LogP contribution is -1.92. The summed E-state index contributed by atoms with van der Waals surface area (Å²) in [6, 6.07) is 3.92. The van der Waals surface area contributed by atoms with Crippen molar-refractivity contribution in [2.24, 2.45) is 0 Å². The number of aromatic nitrogens is 2. The quantitative estimate of drug-likeness (QED) is 0.877. The smallest absolute Gasteiger partial charge is 0.144 e. The molecule has 0 aliphatic carbocycles. The highest BCUT2D eigenvalue weighted by molar-refractivity contribution is 9.10. The molecule has 0 saturated heterocycles. The number of benzene rings is 1. The first kappa shape index (κ1) is 8.56. The van der Waals surface area contributed by atoms with Gasteiger partial charge in [0.2, 0.25) is 0 Å². The molecule has 3 nitrogen and oxygen atoms in total. The van der Waals surface area contributed by atoms with E-state index in [0.717, 1.165) is 21.1 Å². The van der Waals surface area contributed by atoms with E-state index in [4.69, 9.17) is 4.74 Å². The van der Waals surface area contributed by atoms with Crippen molar-refractivity contribution in [3.63, 3.8) is 0 Å². The Kier molecular flexibility index (Phi) is 2.22. The zero-order valence-corrected chi connectivity index (χ0v) is 8.76. The van der Waals surface area contributed by atoms with Crippen molar-refractivity contribution in [1.82, 2.24) is 10.2 Å². The van der Waals surface area contributed by atoms with Crippen LogP contribution in [0, 0.1) is 0 Å².